The molecule has 0 unspecified atom stereocenters. The smallest absolute Gasteiger partial charge is 0.295 e. The number of morpholine rings is 1. The Bertz CT molecular complexity index is 1020. The van der Waals surface area contributed by atoms with E-state index in [-0.39, 0.29) is 17.9 Å². The Labute approximate surface area is 188 Å². The molecule has 2 heterocycles. The van der Waals surface area contributed by atoms with Gasteiger partial charge in [0.05, 0.1) is 24.8 Å². The number of hydrogen-bond acceptors (Lipinski definition) is 5. The highest BCUT2D eigenvalue weighted by Gasteiger charge is 2.46. The van der Waals surface area contributed by atoms with Crippen LogP contribution in [0, 0.1) is 5.82 Å². The molecule has 8 heteroatoms. The van der Waals surface area contributed by atoms with Crippen LogP contribution in [0.4, 0.5) is 4.39 Å². The van der Waals surface area contributed by atoms with Crippen molar-refractivity contribution in [3.8, 4) is 0 Å². The molecule has 1 atom stereocenters. The van der Waals surface area contributed by atoms with Gasteiger partial charge in [0.25, 0.3) is 11.7 Å². The van der Waals surface area contributed by atoms with Crippen molar-refractivity contribution in [3.63, 3.8) is 0 Å². The first kappa shape index (κ1) is 21.7. The molecule has 2 aromatic rings. The lowest BCUT2D eigenvalue weighted by Crippen LogP contribution is -2.42. The van der Waals surface area contributed by atoms with Gasteiger partial charge in [0.1, 0.15) is 11.6 Å². The summed E-state index contributed by atoms with van der Waals surface area (Å²) in [6.45, 7) is 3.57. The highest BCUT2D eigenvalue weighted by molar-refractivity contribution is 9.10. The normalized spacial score (nSPS) is 21.6. The van der Waals surface area contributed by atoms with Crippen LogP contribution in [0.25, 0.3) is 5.76 Å². The van der Waals surface area contributed by atoms with Crippen LogP contribution in [-0.2, 0) is 14.3 Å². The van der Waals surface area contributed by atoms with Crippen LogP contribution in [0.3, 0.4) is 0 Å². The molecule has 0 aliphatic carbocycles. The average molecular weight is 489 g/mol. The number of carbonyl (C=O) groups is 2. The van der Waals surface area contributed by atoms with Gasteiger partial charge in [0, 0.05) is 36.2 Å². The zero-order chi connectivity index (χ0) is 22.0. The van der Waals surface area contributed by atoms with E-state index in [2.05, 4.69) is 20.8 Å². The van der Waals surface area contributed by atoms with E-state index in [4.69, 9.17) is 4.74 Å². The molecule has 2 aliphatic rings. The Morgan fingerprint density at radius 3 is 2.48 bits per heavy atom. The molecular weight excluding hydrogens is 467 g/mol. The minimum absolute atomic E-state index is 0.0279. The first-order chi connectivity index (χ1) is 15.0. The van der Waals surface area contributed by atoms with Gasteiger partial charge >= 0.3 is 0 Å². The summed E-state index contributed by atoms with van der Waals surface area (Å²) >= 11 is 3.34. The summed E-state index contributed by atoms with van der Waals surface area (Å²) in [5.74, 6) is -2.20. The van der Waals surface area contributed by atoms with E-state index in [1.807, 2.05) is 0 Å². The number of hydrogen-bond donors (Lipinski definition) is 1. The molecule has 0 spiro atoms. The number of aliphatic hydroxyl groups is 1. The lowest BCUT2D eigenvalue weighted by molar-refractivity contribution is -0.140. The molecule has 2 saturated heterocycles. The van der Waals surface area contributed by atoms with E-state index in [9.17, 15) is 19.1 Å². The van der Waals surface area contributed by atoms with Gasteiger partial charge in [-0.25, -0.2) is 4.39 Å². The number of ketones is 1. The molecular formula is C23H22BrFN2O4. The summed E-state index contributed by atoms with van der Waals surface area (Å²) in [7, 11) is 0. The molecule has 6 nitrogen and oxygen atoms in total. The number of nitrogens with zero attached hydrogens (tertiary/aromatic N) is 2. The van der Waals surface area contributed by atoms with Crippen molar-refractivity contribution in [1.29, 1.82) is 0 Å². The molecule has 0 aromatic heterocycles. The molecule has 4 rings (SSSR count). The molecule has 2 fully saturated rings. The van der Waals surface area contributed by atoms with Gasteiger partial charge in [-0.3, -0.25) is 14.5 Å². The summed E-state index contributed by atoms with van der Waals surface area (Å²) in [4.78, 5) is 29.5. The molecule has 162 valence electrons. The van der Waals surface area contributed by atoms with Gasteiger partial charge in [-0.1, -0.05) is 40.2 Å². The summed E-state index contributed by atoms with van der Waals surface area (Å²) in [5, 5.41) is 11.0. The summed E-state index contributed by atoms with van der Waals surface area (Å²) in [6, 6.07) is 11.7. The van der Waals surface area contributed by atoms with Crippen molar-refractivity contribution in [3.05, 3.63) is 75.5 Å². The van der Waals surface area contributed by atoms with Crippen molar-refractivity contribution in [2.75, 3.05) is 39.4 Å². The monoisotopic (exact) mass is 488 g/mol. The van der Waals surface area contributed by atoms with Gasteiger partial charge in [-0.2, -0.15) is 0 Å². The first-order valence-corrected chi connectivity index (χ1v) is 10.8. The van der Waals surface area contributed by atoms with Crippen LogP contribution in [0.15, 0.2) is 58.6 Å². The Balaban J connectivity index is 1.73. The fourth-order valence-corrected chi connectivity index (χ4v) is 4.24. The van der Waals surface area contributed by atoms with Crippen molar-refractivity contribution in [1.82, 2.24) is 9.80 Å². The van der Waals surface area contributed by atoms with Crippen LogP contribution >= 0.6 is 15.9 Å². The van der Waals surface area contributed by atoms with Crippen molar-refractivity contribution < 1.29 is 23.8 Å². The Hall–Kier alpha value is -2.55. The first-order valence-electron chi connectivity index (χ1n) is 10.1. The summed E-state index contributed by atoms with van der Waals surface area (Å²) in [5.41, 5.74) is 0.829. The van der Waals surface area contributed by atoms with E-state index in [0.29, 0.717) is 30.9 Å². The number of likely N-dealkylation sites (tertiary alicyclic amines) is 1. The maximum atomic E-state index is 14.0. The van der Waals surface area contributed by atoms with Crippen LogP contribution in [0.1, 0.15) is 17.2 Å². The maximum absolute atomic E-state index is 14.0. The van der Waals surface area contributed by atoms with Crippen LogP contribution in [-0.4, -0.2) is 66.0 Å². The summed E-state index contributed by atoms with van der Waals surface area (Å²) < 4.78 is 20.2. The topological polar surface area (TPSA) is 70.1 Å². The lowest BCUT2D eigenvalue weighted by atomic mass is 9.95. The number of ether oxygens (including phenoxy) is 1. The number of carbonyl (C=O) groups excluding carboxylic acids is 2. The van der Waals surface area contributed by atoms with Crippen LogP contribution < -0.4 is 0 Å². The van der Waals surface area contributed by atoms with E-state index < -0.39 is 23.5 Å². The highest BCUT2D eigenvalue weighted by Crippen LogP contribution is 2.39. The molecule has 2 aliphatic heterocycles. The Morgan fingerprint density at radius 1 is 1.10 bits per heavy atom. The third-order valence-electron chi connectivity index (χ3n) is 5.58. The fraction of sp³-hybridized carbons (Fsp3) is 0.304. The quantitative estimate of drug-likeness (QED) is 0.397. The zero-order valence-corrected chi connectivity index (χ0v) is 18.3. The number of amides is 1. The van der Waals surface area contributed by atoms with Gasteiger partial charge in [0.2, 0.25) is 0 Å². The molecule has 1 amide bonds. The van der Waals surface area contributed by atoms with Crippen molar-refractivity contribution in [2.45, 2.75) is 6.04 Å². The van der Waals surface area contributed by atoms with Gasteiger partial charge in [-0.05, 0) is 29.8 Å². The van der Waals surface area contributed by atoms with E-state index in [1.165, 1.54) is 23.1 Å². The lowest BCUT2D eigenvalue weighted by Gasteiger charge is -2.31. The van der Waals surface area contributed by atoms with E-state index >= 15 is 0 Å². The van der Waals surface area contributed by atoms with E-state index in [1.54, 1.807) is 30.3 Å². The van der Waals surface area contributed by atoms with Gasteiger partial charge in [-0.15, -0.1) is 0 Å². The minimum atomic E-state index is -0.861. The second kappa shape index (κ2) is 9.30. The molecule has 0 radical (unpaired) electrons. The molecule has 0 saturated carbocycles. The maximum Gasteiger partial charge on any atom is 0.295 e. The fourth-order valence-electron chi connectivity index (χ4n) is 3.97. The largest absolute Gasteiger partial charge is 0.507 e. The second-order valence-electron chi connectivity index (χ2n) is 7.51. The van der Waals surface area contributed by atoms with Crippen LogP contribution in [0.2, 0.25) is 0 Å². The van der Waals surface area contributed by atoms with Gasteiger partial charge in [0.15, 0.2) is 0 Å². The highest BCUT2D eigenvalue weighted by atomic mass is 79.9. The standard InChI is InChI=1S/C23H22BrFN2O4/c24-17-6-4-15(5-7-17)21(28)19-20(16-2-1-3-18(25)14-16)27(23(30)22(19)29)9-8-26-10-12-31-13-11-26/h1-7,14,20,28H,8-13H2/t20-/m1/s1. The SMILES string of the molecule is O=C1C(=O)N(CCN2CCOCC2)[C@H](c2cccc(F)c2)C1=C(O)c1ccc(Br)cc1. The number of rotatable bonds is 5. The minimum Gasteiger partial charge on any atom is -0.507 e. The number of aliphatic hydroxyl groups excluding tert-OH is 1. The Morgan fingerprint density at radius 2 is 1.81 bits per heavy atom. The number of Topliss-reactive ketones (excluding diaryl/α,β-unsaturated/α-hetero) is 1. The number of benzene rings is 2. The van der Waals surface area contributed by atoms with Crippen molar-refractivity contribution >= 4 is 33.4 Å². The molecule has 2 aromatic carbocycles. The molecule has 31 heavy (non-hydrogen) atoms. The third kappa shape index (κ3) is 4.56. The van der Waals surface area contributed by atoms with Gasteiger partial charge < -0.3 is 14.7 Å². The van der Waals surface area contributed by atoms with E-state index in [0.717, 1.165) is 17.6 Å². The predicted octanol–water partition coefficient (Wildman–Crippen LogP) is 3.34. The predicted molar refractivity (Wildman–Crippen MR) is 117 cm³/mol. The van der Waals surface area contributed by atoms with Crippen molar-refractivity contribution in [2.24, 2.45) is 0 Å². The molecule has 1 N–H and O–H groups in total. The number of halogens is 2. The Kier molecular flexibility index (Phi) is 6.50. The second-order valence-corrected chi connectivity index (χ2v) is 8.42. The average Bonchev–Trinajstić information content (AvgIpc) is 3.03. The van der Waals surface area contributed by atoms with Crippen LogP contribution in [0.5, 0.6) is 0 Å². The molecule has 0 bridgehead atoms. The summed E-state index contributed by atoms with van der Waals surface area (Å²) in [6.07, 6.45) is 0. The zero-order valence-electron chi connectivity index (χ0n) is 16.8. The third-order valence-corrected chi connectivity index (χ3v) is 6.11.